The number of ether oxygens (including phenoxy) is 2. The Bertz CT molecular complexity index is 456. The van der Waals surface area contributed by atoms with Gasteiger partial charge in [0.2, 0.25) is 5.88 Å². The molecule has 2 atom stereocenters. The first-order valence-corrected chi connectivity index (χ1v) is 7.25. The smallest absolute Gasteiger partial charge is 0.308 e. The van der Waals surface area contributed by atoms with Crippen molar-refractivity contribution in [1.82, 2.24) is 9.97 Å². The van der Waals surface area contributed by atoms with E-state index in [1.807, 2.05) is 0 Å². The topological polar surface area (TPSA) is 61.3 Å². The summed E-state index contributed by atoms with van der Waals surface area (Å²) in [6.45, 7) is 0.598. The van der Waals surface area contributed by atoms with Crippen molar-refractivity contribution in [2.75, 3.05) is 13.7 Å². The van der Waals surface area contributed by atoms with Crippen LogP contribution in [0.5, 0.6) is 5.88 Å². The number of carbonyl (C=O) groups is 1. The van der Waals surface area contributed by atoms with Crippen molar-refractivity contribution in [3.05, 3.63) is 17.5 Å². The van der Waals surface area contributed by atoms with E-state index in [0.29, 0.717) is 23.6 Å². The fourth-order valence-electron chi connectivity index (χ4n) is 2.55. The molecule has 0 saturated heterocycles. The van der Waals surface area contributed by atoms with Gasteiger partial charge < -0.3 is 9.47 Å². The molecule has 0 aromatic carbocycles. The van der Waals surface area contributed by atoms with Gasteiger partial charge in [-0.1, -0.05) is 18.0 Å². The number of nitrogens with zero attached hydrogens (tertiary/aromatic N) is 2. The van der Waals surface area contributed by atoms with Crippen LogP contribution in [-0.4, -0.2) is 29.7 Å². The van der Waals surface area contributed by atoms with E-state index in [1.165, 1.54) is 13.4 Å². The van der Waals surface area contributed by atoms with Crippen LogP contribution in [0.4, 0.5) is 0 Å². The lowest BCUT2D eigenvalue weighted by Gasteiger charge is -2.15. The third kappa shape index (κ3) is 4.34. The molecule has 2 rings (SSSR count). The van der Waals surface area contributed by atoms with Gasteiger partial charge in [0.15, 0.2) is 0 Å². The third-order valence-corrected chi connectivity index (χ3v) is 3.91. The van der Waals surface area contributed by atoms with E-state index in [1.54, 1.807) is 6.07 Å². The number of methoxy groups -OCH3 is 1. The lowest BCUT2D eigenvalue weighted by Crippen LogP contribution is -2.16. The summed E-state index contributed by atoms with van der Waals surface area (Å²) in [5.41, 5.74) is 0. The van der Waals surface area contributed by atoms with Gasteiger partial charge in [-0.3, -0.25) is 4.79 Å². The van der Waals surface area contributed by atoms with Crippen LogP contribution in [0, 0.1) is 11.8 Å². The summed E-state index contributed by atoms with van der Waals surface area (Å²) in [6.07, 6.45) is 6.22. The van der Waals surface area contributed by atoms with Gasteiger partial charge in [-0.25, -0.2) is 9.97 Å². The second-order valence-electron chi connectivity index (χ2n) is 5.08. The first kappa shape index (κ1) is 15.0. The Kier molecular flexibility index (Phi) is 5.59. The molecule has 0 radical (unpaired) electrons. The molecule has 0 bridgehead atoms. The average Bonchev–Trinajstić information content (AvgIpc) is 2.70. The number of hydrogen-bond donors (Lipinski definition) is 0. The molecule has 5 nitrogen and oxygen atoms in total. The van der Waals surface area contributed by atoms with Crippen molar-refractivity contribution in [2.45, 2.75) is 32.1 Å². The second kappa shape index (κ2) is 7.43. The molecule has 1 saturated carbocycles. The molecule has 0 amide bonds. The Morgan fingerprint density at radius 2 is 2.20 bits per heavy atom. The van der Waals surface area contributed by atoms with Crippen molar-refractivity contribution >= 4 is 17.6 Å². The number of carbonyl (C=O) groups excluding carboxylic acids is 1. The minimum absolute atomic E-state index is 0.0403. The predicted molar refractivity (Wildman–Crippen MR) is 74.6 cm³/mol. The van der Waals surface area contributed by atoms with Gasteiger partial charge in [-0.05, 0) is 31.6 Å². The molecule has 2 unspecified atom stereocenters. The average molecular weight is 299 g/mol. The highest BCUT2D eigenvalue weighted by Crippen LogP contribution is 2.28. The Hall–Kier alpha value is -1.36. The van der Waals surface area contributed by atoms with Gasteiger partial charge in [-0.15, -0.1) is 0 Å². The van der Waals surface area contributed by atoms with Crippen LogP contribution in [0.25, 0.3) is 0 Å². The molecule has 1 aromatic rings. The quantitative estimate of drug-likeness (QED) is 0.486. The number of esters is 1. The van der Waals surface area contributed by atoms with Crippen LogP contribution >= 0.6 is 11.6 Å². The first-order valence-electron chi connectivity index (χ1n) is 6.87. The van der Waals surface area contributed by atoms with Crippen LogP contribution in [-0.2, 0) is 9.53 Å². The lowest BCUT2D eigenvalue weighted by molar-refractivity contribution is -0.145. The van der Waals surface area contributed by atoms with Crippen LogP contribution in [0.15, 0.2) is 12.4 Å². The Balaban J connectivity index is 1.81. The molecule has 20 heavy (non-hydrogen) atoms. The lowest BCUT2D eigenvalue weighted by atomic mass is 9.99. The van der Waals surface area contributed by atoms with E-state index < -0.39 is 0 Å². The van der Waals surface area contributed by atoms with E-state index in [-0.39, 0.29) is 11.9 Å². The van der Waals surface area contributed by atoms with Gasteiger partial charge >= 0.3 is 5.97 Å². The zero-order valence-corrected chi connectivity index (χ0v) is 12.3. The number of halogens is 1. The Labute approximate surface area is 123 Å². The molecule has 6 heteroatoms. The Morgan fingerprint density at radius 1 is 1.35 bits per heavy atom. The highest BCUT2D eigenvalue weighted by Gasteiger charge is 2.24. The summed E-state index contributed by atoms with van der Waals surface area (Å²) in [7, 11) is 1.45. The Morgan fingerprint density at radius 3 is 2.95 bits per heavy atom. The summed E-state index contributed by atoms with van der Waals surface area (Å²) in [4.78, 5) is 19.4. The normalized spacial score (nSPS) is 22.9. The van der Waals surface area contributed by atoms with Gasteiger partial charge in [0.25, 0.3) is 0 Å². The maximum atomic E-state index is 11.6. The molecule has 110 valence electrons. The molecule has 1 aromatic heterocycles. The van der Waals surface area contributed by atoms with E-state index in [9.17, 15) is 4.79 Å². The van der Waals surface area contributed by atoms with Crippen molar-refractivity contribution < 1.29 is 14.3 Å². The van der Waals surface area contributed by atoms with E-state index in [0.717, 1.165) is 32.1 Å². The zero-order valence-electron chi connectivity index (χ0n) is 11.5. The molecular weight excluding hydrogens is 280 g/mol. The molecule has 1 heterocycles. The van der Waals surface area contributed by atoms with Crippen molar-refractivity contribution in [3.63, 3.8) is 0 Å². The SMILES string of the molecule is COC(=O)C1CCCC(COc2cc(Cl)ncn2)CC1. The second-order valence-corrected chi connectivity index (χ2v) is 5.47. The van der Waals surface area contributed by atoms with E-state index in [4.69, 9.17) is 21.1 Å². The highest BCUT2D eigenvalue weighted by molar-refractivity contribution is 6.29. The number of hydrogen-bond acceptors (Lipinski definition) is 5. The van der Waals surface area contributed by atoms with Gasteiger partial charge in [-0.2, -0.15) is 0 Å². The first-order chi connectivity index (χ1) is 9.69. The van der Waals surface area contributed by atoms with Gasteiger partial charge in [0.1, 0.15) is 11.5 Å². The van der Waals surface area contributed by atoms with Crippen molar-refractivity contribution in [2.24, 2.45) is 11.8 Å². The standard InChI is InChI=1S/C14H19ClN2O3/c1-19-14(18)11-4-2-3-10(5-6-11)8-20-13-7-12(15)16-9-17-13/h7,9-11H,2-6,8H2,1H3. The molecule has 0 spiro atoms. The molecule has 1 fully saturated rings. The number of rotatable bonds is 4. The largest absolute Gasteiger partial charge is 0.477 e. The minimum atomic E-state index is -0.0887. The summed E-state index contributed by atoms with van der Waals surface area (Å²) in [5, 5.41) is 0.377. The highest BCUT2D eigenvalue weighted by atomic mass is 35.5. The van der Waals surface area contributed by atoms with Crippen LogP contribution in [0.2, 0.25) is 5.15 Å². The molecular formula is C14H19ClN2O3. The molecule has 1 aliphatic rings. The fraction of sp³-hybridized carbons (Fsp3) is 0.643. The van der Waals surface area contributed by atoms with Crippen molar-refractivity contribution in [1.29, 1.82) is 0 Å². The van der Waals surface area contributed by atoms with E-state index in [2.05, 4.69) is 9.97 Å². The summed E-state index contributed by atoms with van der Waals surface area (Å²) < 4.78 is 10.5. The molecule has 0 N–H and O–H groups in total. The predicted octanol–water partition coefficient (Wildman–Crippen LogP) is 2.88. The maximum Gasteiger partial charge on any atom is 0.308 e. The number of aromatic nitrogens is 2. The van der Waals surface area contributed by atoms with Crippen LogP contribution < -0.4 is 4.74 Å². The van der Waals surface area contributed by atoms with Crippen molar-refractivity contribution in [3.8, 4) is 5.88 Å². The maximum absolute atomic E-state index is 11.6. The molecule has 0 aliphatic heterocycles. The zero-order chi connectivity index (χ0) is 14.4. The summed E-state index contributed by atoms with van der Waals surface area (Å²) in [5.74, 6) is 0.893. The third-order valence-electron chi connectivity index (χ3n) is 3.70. The molecule has 1 aliphatic carbocycles. The minimum Gasteiger partial charge on any atom is -0.477 e. The summed E-state index contributed by atoms with van der Waals surface area (Å²) >= 11 is 5.78. The monoisotopic (exact) mass is 298 g/mol. The summed E-state index contributed by atoms with van der Waals surface area (Å²) in [6, 6.07) is 1.61. The van der Waals surface area contributed by atoms with Gasteiger partial charge in [0.05, 0.1) is 19.6 Å². The van der Waals surface area contributed by atoms with Crippen LogP contribution in [0.1, 0.15) is 32.1 Å². The fourth-order valence-corrected chi connectivity index (χ4v) is 2.68. The van der Waals surface area contributed by atoms with E-state index >= 15 is 0 Å². The van der Waals surface area contributed by atoms with Crippen LogP contribution in [0.3, 0.4) is 0 Å². The van der Waals surface area contributed by atoms with Gasteiger partial charge in [0, 0.05) is 6.07 Å².